The molecule has 2 fully saturated rings. The average molecular weight is 237 g/mol. The number of hydrogen-bond acceptors (Lipinski definition) is 3. The quantitative estimate of drug-likeness (QED) is 0.575. The molecule has 0 aromatic rings. The Morgan fingerprint density at radius 3 is 2.59 bits per heavy atom. The minimum atomic E-state index is -0.0549. The molecule has 1 saturated carbocycles. The first-order chi connectivity index (χ1) is 8.16. The second-order valence-corrected chi connectivity index (χ2v) is 4.68. The van der Waals surface area contributed by atoms with Crippen LogP contribution < -0.4 is 16.0 Å². The van der Waals surface area contributed by atoms with Crippen LogP contribution in [0.5, 0.6) is 0 Å². The summed E-state index contributed by atoms with van der Waals surface area (Å²) in [6, 6.07) is 0.392. The molecule has 0 spiro atoms. The van der Waals surface area contributed by atoms with Crippen LogP contribution in [0.1, 0.15) is 26.2 Å². The number of nitrogens with one attached hydrogen (secondary N) is 3. The molecule has 3 N–H and O–H groups in total. The van der Waals surface area contributed by atoms with Crippen molar-refractivity contribution in [3.05, 3.63) is 11.1 Å². The highest BCUT2D eigenvalue weighted by molar-refractivity contribution is 5.94. The van der Waals surface area contributed by atoms with E-state index in [0.29, 0.717) is 19.0 Å². The highest BCUT2D eigenvalue weighted by atomic mass is 16.2. The van der Waals surface area contributed by atoms with Gasteiger partial charge in [0.05, 0.1) is 0 Å². The molecule has 94 valence electrons. The second-order valence-electron chi connectivity index (χ2n) is 4.68. The van der Waals surface area contributed by atoms with Crippen molar-refractivity contribution in [3.8, 4) is 0 Å². The molecule has 1 saturated heterocycles. The molecule has 0 aromatic carbocycles. The van der Waals surface area contributed by atoms with Crippen molar-refractivity contribution in [2.24, 2.45) is 0 Å². The third-order valence-corrected chi connectivity index (χ3v) is 3.13. The molecule has 0 radical (unpaired) electrons. The Labute approximate surface area is 101 Å². The van der Waals surface area contributed by atoms with Gasteiger partial charge in [-0.15, -0.1) is 0 Å². The first kappa shape index (κ1) is 12.1. The summed E-state index contributed by atoms with van der Waals surface area (Å²) < 4.78 is 0. The first-order valence-electron chi connectivity index (χ1n) is 6.13. The molecule has 17 heavy (non-hydrogen) atoms. The molecule has 2 amide bonds. The lowest BCUT2D eigenvalue weighted by Crippen LogP contribution is -2.38. The summed E-state index contributed by atoms with van der Waals surface area (Å²) >= 11 is 0. The normalized spacial score (nSPS) is 18.3. The molecular formula is C12H19N3O2. The molecule has 2 aliphatic rings. The zero-order valence-electron chi connectivity index (χ0n) is 10.1. The molecule has 5 nitrogen and oxygen atoms in total. The van der Waals surface area contributed by atoms with Gasteiger partial charge in [-0.05, 0) is 25.3 Å². The summed E-state index contributed by atoms with van der Waals surface area (Å²) in [5.74, 6) is -0.0239. The summed E-state index contributed by atoms with van der Waals surface area (Å²) in [6.45, 7) is 3.86. The molecule has 1 aliphatic heterocycles. The topological polar surface area (TPSA) is 70.2 Å². The minimum absolute atomic E-state index is 0.0309. The predicted octanol–water partition coefficient (Wildman–Crippen LogP) is -0.309. The first-order valence-corrected chi connectivity index (χ1v) is 6.13. The van der Waals surface area contributed by atoms with Crippen LogP contribution in [0.15, 0.2) is 11.1 Å². The van der Waals surface area contributed by atoms with E-state index in [9.17, 15) is 9.59 Å². The van der Waals surface area contributed by atoms with E-state index in [1.54, 1.807) is 0 Å². The van der Waals surface area contributed by atoms with Gasteiger partial charge in [-0.25, -0.2) is 0 Å². The fraction of sp³-hybridized carbons (Fsp3) is 0.667. The van der Waals surface area contributed by atoms with Gasteiger partial charge in [0.25, 0.3) is 0 Å². The van der Waals surface area contributed by atoms with Gasteiger partial charge < -0.3 is 16.0 Å². The molecule has 0 unspecified atom stereocenters. The maximum atomic E-state index is 11.7. The fourth-order valence-electron chi connectivity index (χ4n) is 1.63. The Balaban J connectivity index is 1.63. The standard InChI is InChI=1S/C12H19N3O2/c1-8(9-6-13-7-9)12(17)14-5-4-11(16)15-10-2-3-10/h10,13H,2-7H2,1H3,(H,14,17)(H,15,16). The smallest absolute Gasteiger partial charge is 0.246 e. The van der Waals surface area contributed by atoms with Crippen LogP contribution in [0.4, 0.5) is 0 Å². The van der Waals surface area contributed by atoms with E-state index in [0.717, 1.165) is 37.1 Å². The van der Waals surface area contributed by atoms with Crippen LogP contribution in [-0.2, 0) is 9.59 Å². The van der Waals surface area contributed by atoms with Gasteiger partial charge in [0, 0.05) is 37.7 Å². The van der Waals surface area contributed by atoms with Crippen LogP contribution >= 0.6 is 0 Å². The van der Waals surface area contributed by atoms with Gasteiger partial charge >= 0.3 is 0 Å². The van der Waals surface area contributed by atoms with Crippen molar-refractivity contribution in [1.29, 1.82) is 0 Å². The lowest BCUT2D eigenvalue weighted by atomic mass is 10.0. The zero-order valence-corrected chi connectivity index (χ0v) is 10.1. The predicted molar refractivity (Wildman–Crippen MR) is 64.4 cm³/mol. The molecular weight excluding hydrogens is 218 g/mol. The Morgan fingerprint density at radius 1 is 1.35 bits per heavy atom. The lowest BCUT2D eigenvalue weighted by molar-refractivity contribution is -0.121. The van der Waals surface area contributed by atoms with Gasteiger partial charge in [0.1, 0.15) is 0 Å². The van der Waals surface area contributed by atoms with Crippen LogP contribution in [-0.4, -0.2) is 37.5 Å². The maximum absolute atomic E-state index is 11.7. The van der Waals surface area contributed by atoms with Crippen molar-refractivity contribution >= 4 is 11.8 Å². The van der Waals surface area contributed by atoms with Gasteiger partial charge in [0.2, 0.25) is 11.8 Å². The number of rotatable bonds is 5. The Kier molecular flexibility index (Phi) is 3.78. The molecule has 0 aromatic heterocycles. The molecule has 0 atom stereocenters. The molecule has 2 rings (SSSR count). The second kappa shape index (κ2) is 5.31. The van der Waals surface area contributed by atoms with Crippen molar-refractivity contribution in [2.75, 3.05) is 19.6 Å². The molecule has 0 bridgehead atoms. The Morgan fingerprint density at radius 2 is 2.06 bits per heavy atom. The van der Waals surface area contributed by atoms with Gasteiger partial charge in [-0.2, -0.15) is 0 Å². The van der Waals surface area contributed by atoms with E-state index in [1.807, 2.05) is 6.92 Å². The number of carbonyl (C=O) groups excluding carboxylic acids is 2. The van der Waals surface area contributed by atoms with Crippen molar-refractivity contribution < 1.29 is 9.59 Å². The van der Waals surface area contributed by atoms with Gasteiger partial charge in [0.15, 0.2) is 0 Å². The monoisotopic (exact) mass is 237 g/mol. The van der Waals surface area contributed by atoms with E-state index in [2.05, 4.69) is 16.0 Å². The number of amides is 2. The number of hydrogen-bond donors (Lipinski definition) is 3. The summed E-state index contributed by atoms with van der Waals surface area (Å²) in [5.41, 5.74) is 1.94. The van der Waals surface area contributed by atoms with Crippen molar-refractivity contribution in [3.63, 3.8) is 0 Å². The van der Waals surface area contributed by atoms with Crippen molar-refractivity contribution in [1.82, 2.24) is 16.0 Å². The Hall–Kier alpha value is -1.36. The average Bonchev–Trinajstić information content (AvgIpc) is 2.98. The zero-order chi connectivity index (χ0) is 12.3. The van der Waals surface area contributed by atoms with E-state index < -0.39 is 0 Å². The molecule has 1 aliphatic carbocycles. The van der Waals surface area contributed by atoms with Gasteiger partial charge in [-0.3, -0.25) is 9.59 Å². The molecule has 1 heterocycles. The number of carbonyl (C=O) groups is 2. The van der Waals surface area contributed by atoms with E-state index in [4.69, 9.17) is 0 Å². The summed E-state index contributed by atoms with van der Waals surface area (Å²) in [4.78, 5) is 23.0. The van der Waals surface area contributed by atoms with Crippen LogP contribution in [0, 0.1) is 0 Å². The third-order valence-electron chi connectivity index (χ3n) is 3.13. The van der Waals surface area contributed by atoms with Crippen molar-refractivity contribution in [2.45, 2.75) is 32.2 Å². The minimum Gasteiger partial charge on any atom is -0.353 e. The van der Waals surface area contributed by atoms with E-state index in [1.165, 1.54) is 0 Å². The summed E-state index contributed by atoms with van der Waals surface area (Å²) in [5, 5.41) is 8.76. The lowest BCUT2D eigenvalue weighted by Gasteiger charge is -2.21. The van der Waals surface area contributed by atoms with Crippen LogP contribution in [0.3, 0.4) is 0 Å². The summed E-state index contributed by atoms with van der Waals surface area (Å²) in [7, 11) is 0. The fourth-order valence-corrected chi connectivity index (χ4v) is 1.63. The molecule has 5 heteroatoms. The SMILES string of the molecule is CC(C(=O)NCCC(=O)NC1CC1)=C1CNC1. The maximum Gasteiger partial charge on any atom is 0.246 e. The highest BCUT2D eigenvalue weighted by Gasteiger charge is 2.23. The van der Waals surface area contributed by atoms with E-state index in [-0.39, 0.29) is 11.8 Å². The third kappa shape index (κ3) is 3.56. The van der Waals surface area contributed by atoms with Crippen LogP contribution in [0.25, 0.3) is 0 Å². The van der Waals surface area contributed by atoms with E-state index >= 15 is 0 Å². The van der Waals surface area contributed by atoms with Crippen LogP contribution in [0.2, 0.25) is 0 Å². The summed E-state index contributed by atoms with van der Waals surface area (Å²) in [6.07, 6.45) is 2.55. The van der Waals surface area contributed by atoms with Gasteiger partial charge in [-0.1, -0.05) is 0 Å². The highest BCUT2D eigenvalue weighted by Crippen LogP contribution is 2.18. The largest absolute Gasteiger partial charge is 0.353 e. The Bertz CT molecular complexity index is 353.